The molecule has 1 aromatic carbocycles. The summed E-state index contributed by atoms with van der Waals surface area (Å²) in [6.07, 6.45) is 3.25. The average Bonchev–Trinajstić information content (AvgIpc) is 2.87. The van der Waals surface area contributed by atoms with Crippen molar-refractivity contribution in [1.82, 2.24) is 0 Å². The Labute approximate surface area is 195 Å². The number of hydrogen-bond donors (Lipinski definition) is 1. The summed E-state index contributed by atoms with van der Waals surface area (Å²) >= 11 is 0. The number of ketones is 1. The third kappa shape index (κ3) is 3.47. The topological polar surface area (TPSA) is 41.5 Å². The van der Waals surface area contributed by atoms with E-state index in [4.69, 9.17) is 4.99 Å². The molecule has 4 rings (SSSR count). The zero-order valence-electron chi connectivity index (χ0n) is 22.0. The minimum atomic E-state index is -0.276. The van der Waals surface area contributed by atoms with E-state index in [9.17, 15) is 4.79 Å². The van der Waals surface area contributed by atoms with Gasteiger partial charge >= 0.3 is 0 Å². The zero-order chi connectivity index (χ0) is 24.1. The average molecular weight is 435 g/mol. The van der Waals surface area contributed by atoms with Gasteiger partial charge in [0, 0.05) is 17.2 Å². The number of aliphatic imine (C=N–C) groups is 1. The number of carbonyl (C=O) groups excluding carboxylic acids is 1. The Balaban J connectivity index is 2.04. The first-order valence-corrected chi connectivity index (χ1v) is 12.2. The molecule has 2 heterocycles. The molecule has 0 bridgehead atoms. The van der Waals surface area contributed by atoms with E-state index in [1.807, 2.05) is 0 Å². The van der Waals surface area contributed by atoms with Crippen LogP contribution in [0.15, 0.2) is 34.8 Å². The van der Waals surface area contributed by atoms with Crippen molar-refractivity contribution in [3.05, 3.63) is 41.0 Å². The lowest BCUT2D eigenvalue weighted by molar-refractivity contribution is -0.125. The van der Waals surface area contributed by atoms with Crippen LogP contribution in [0.1, 0.15) is 93.7 Å². The van der Waals surface area contributed by atoms with Crippen molar-refractivity contribution >= 4 is 17.2 Å². The van der Waals surface area contributed by atoms with Crippen LogP contribution in [0.3, 0.4) is 0 Å². The van der Waals surface area contributed by atoms with E-state index in [0.29, 0.717) is 5.78 Å². The standard InChI is InChI=1S/C29H42N2O/c1-25(2,3)17-12-13-20-18(14-17)23-29(16-28(10,11)31-23)15-19(26(4,5)6)22(32)21(24(29)30-20)27(7,8)9/h12-15,21,24,30H,16H2,1-11H3/t21-,24+,29-/m0/s1. The second-order valence-corrected chi connectivity index (χ2v) is 14.1. The third-order valence-corrected chi connectivity index (χ3v) is 7.61. The van der Waals surface area contributed by atoms with Crippen LogP contribution >= 0.6 is 0 Å². The van der Waals surface area contributed by atoms with Gasteiger partial charge in [-0.25, -0.2) is 0 Å². The number of fused-ring (bicyclic) bond motifs is 2. The van der Waals surface area contributed by atoms with Crippen LogP contribution in [0, 0.1) is 22.2 Å². The fourth-order valence-corrected chi connectivity index (χ4v) is 6.16. The molecule has 1 aliphatic carbocycles. The number of allylic oxidation sites excluding steroid dienone is 1. The minimum absolute atomic E-state index is 0.00890. The van der Waals surface area contributed by atoms with E-state index in [1.165, 1.54) is 16.8 Å². The normalized spacial score (nSPS) is 29.4. The number of Topliss-reactive ketones (excluding diaryl/α,β-unsaturated/α-hetero) is 1. The van der Waals surface area contributed by atoms with E-state index >= 15 is 0 Å². The molecule has 0 aromatic heterocycles. The highest BCUT2D eigenvalue weighted by Crippen LogP contribution is 2.58. The van der Waals surface area contributed by atoms with E-state index < -0.39 is 0 Å². The van der Waals surface area contributed by atoms with Crippen LogP contribution in [-0.2, 0) is 10.2 Å². The first kappa shape index (κ1) is 23.3. The van der Waals surface area contributed by atoms with E-state index in [0.717, 1.165) is 17.7 Å². The smallest absolute Gasteiger partial charge is 0.164 e. The largest absolute Gasteiger partial charge is 0.380 e. The van der Waals surface area contributed by atoms with Gasteiger partial charge in [-0.15, -0.1) is 0 Å². The van der Waals surface area contributed by atoms with Crippen molar-refractivity contribution in [2.45, 2.75) is 99.6 Å². The molecule has 0 saturated carbocycles. The molecule has 1 spiro atoms. The summed E-state index contributed by atoms with van der Waals surface area (Å²) in [5.41, 5.74) is 5.05. The molecule has 1 N–H and O–H groups in total. The predicted molar refractivity (Wildman–Crippen MR) is 136 cm³/mol. The number of nitrogens with one attached hydrogen (secondary N) is 1. The number of hydrogen-bond acceptors (Lipinski definition) is 3. The number of benzene rings is 1. The lowest BCUT2D eigenvalue weighted by Crippen LogP contribution is -2.60. The Bertz CT molecular complexity index is 1040. The lowest BCUT2D eigenvalue weighted by atomic mass is 9.53. The molecule has 0 amide bonds. The van der Waals surface area contributed by atoms with Gasteiger partial charge in [0.05, 0.1) is 22.7 Å². The SMILES string of the molecule is CC1(C)C[C@]23C=C(C(C)(C)C)C(=O)[C@H](C(C)(C)C)[C@H]2Nc2ccc(C(C)(C)C)cc2C3=N1. The van der Waals surface area contributed by atoms with Crippen LogP contribution < -0.4 is 5.32 Å². The fourth-order valence-electron chi connectivity index (χ4n) is 6.16. The third-order valence-electron chi connectivity index (χ3n) is 7.61. The van der Waals surface area contributed by atoms with Crippen molar-refractivity contribution in [2.75, 3.05) is 5.32 Å². The molecule has 1 aromatic rings. The second kappa shape index (κ2) is 6.58. The van der Waals surface area contributed by atoms with Gasteiger partial charge in [0.25, 0.3) is 0 Å². The number of rotatable bonds is 0. The monoisotopic (exact) mass is 434 g/mol. The molecule has 0 unspecified atom stereocenters. The maximum atomic E-state index is 14.0. The van der Waals surface area contributed by atoms with Gasteiger partial charge in [-0.05, 0) is 59.8 Å². The molecule has 0 fully saturated rings. The summed E-state index contributed by atoms with van der Waals surface area (Å²) in [6.45, 7) is 24.4. The molecule has 3 aliphatic rings. The first-order chi connectivity index (χ1) is 14.4. The first-order valence-electron chi connectivity index (χ1n) is 12.2. The van der Waals surface area contributed by atoms with Gasteiger partial charge in [0.15, 0.2) is 5.78 Å². The molecule has 2 aliphatic heterocycles. The maximum absolute atomic E-state index is 14.0. The van der Waals surface area contributed by atoms with Gasteiger partial charge in [0.2, 0.25) is 0 Å². The molecular formula is C29H42N2O. The van der Waals surface area contributed by atoms with Crippen LogP contribution in [0.4, 0.5) is 5.69 Å². The Morgan fingerprint density at radius 1 is 0.969 bits per heavy atom. The number of nitrogens with zero attached hydrogens (tertiary/aromatic N) is 1. The molecule has 3 heteroatoms. The lowest BCUT2D eigenvalue weighted by Gasteiger charge is -2.53. The molecular weight excluding hydrogens is 392 g/mol. The van der Waals surface area contributed by atoms with Gasteiger partial charge in [-0.2, -0.15) is 0 Å². The Morgan fingerprint density at radius 2 is 1.59 bits per heavy atom. The van der Waals surface area contributed by atoms with Gasteiger partial charge < -0.3 is 5.32 Å². The van der Waals surface area contributed by atoms with Crippen molar-refractivity contribution in [2.24, 2.45) is 27.2 Å². The summed E-state index contributed by atoms with van der Waals surface area (Å²) < 4.78 is 0. The maximum Gasteiger partial charge on any atom is 0.164 e. The number of carbonyl (C=O) groups is 1. The van der Waals surface area contributed by atoms with Gasteiger partial charge in [-0.1, -0.05) is 74.5 Å². The Kier molecular flexibility index (Phi) is 4.78. The van der Waals surface area contributed by atoms with Crippen molar-refractivity contribution in [1.29, 1.82) is 0 Å². The van der Waals surface area contributed by atoms with E-state index in [-0.39, 0.29) is 39.2 Å². The highest BCUT2D eigenvalue weighted by atomic mass is 16.1. The molecule has 3 atom stereocenters. The van der Waals surface area contributed by atoms with E-state index in [2.05, 4.69) is 106 Å². The molecule has 0 saturated heterocycles. The fraction of sp³-hybridized carbons (Fsp3) is 0.655. The molecule has 174 valence electrons. The molecule has 3 nitrogen and oxygen atoms in total. The molecule has 0 radical (unpaired) electrons. The van der Waals surface area contributed by atoms with Gasteiger partial charge in [0.1, 0.15) is 0 Å². The summed E-state index contributed by atoms with van der Waals surface area (Å²) in [5.74, 6) is 0.184. The van der Waals surface area contributed by atoms with Gasteiger partial charge in [-0.3, -0.25) is 9.79 Å². The van der Waals surface area contributed by atoms with E-state index in [1.54, 1.807) is 0 Å². The second-order valence-electron chi connectivity index (χ2n) is 14.1. The molecule has 32 heavy (non-hydrogen) atoms. The van der Waals surface area contributed by atoms with Crippen LogP contribution in [0.2, 0.25) is 0 Å². The van der Waals surface area contributed by atoms with Crippen LogP contribution in [-0.4, -0.2) is 23.1 Å². The Morgan fingerprint density at radius 3 is 2.12 bits per heavy atom. The minimum Gasteiger partial charge on any atom is -0.380 e. The summed E-state index contributed by atoms with van der Waals surface area (Å²) in [4.78, 5) is 19.3. The quantitative estimate of drug-likeness (QED) is 0.480. The summed E-state index contributed by atoms with van der Waals surface area (Å²) in [6, 6.07) is 6.79. The highest BCUT2D eigenvalue weighted by molar-refractivity contribution is 6.16. The van der Waals surface area contributed by atoms with Crippen molar-refractivity contribution in [3.8, 4) is 0 Å². The van der Waals surface area contributed by atoms with Crippen LogP contribution in [0.5, 0.6) is 0 Å². The summed E-state index contributed by atoms with van der Waals surface area (Å²) in [5, 5.41) is 3.89. The van der Waals surface area contributed by atoms with Crippen molar-refractivity contribution in [3.63, 3.8) is 0 Å². The predicted octanol–water partition coefficient (Wildman–Crippen LogP) is 6.95. The number of anilines is 1. The Hall–Kier alpha value is -1.90. The van der Waals surface area contributed by atoms with Crippen LogP contribution in [0.25, 0.3) is 0 Å². The van der Waals surface area contributed by atoms with Crippen molar-refractivity contribution < 1.29 is 4.79 Å². The zero-order valence-corrected chi connectivity index (χ0v) is 22.0. The summed E-state index contributed by atoms with van der Waals surface area (Å²) in [7, 11) is 0. The highest BCUT2D eigenvalue weighted by Gasteiger charge is 2.61.